The first-order valence-corrected chi connectivity index (χ1v) is 7.06. The van der Waals surface area contributed by atoms with Gasteiger partial charge in [0.15, 0.2) is 5.69 Å². The summed E-state index contributed by atoms with van der Waals surface area (Å²) in [6.45, 7) is 0. The number of azo groups is 1. The van der Waals surface area contributed by atoms with Crippen LogP contribution in [0.2, 0.25) is 0 Å². The highest BCUT2D eigenvalue weighted by Crippen LogP contribution is 2.30. The van der Waals surface area contributed by atoms with Crippen molar-refractivity contribution in [1.29, 1.82) is 0 Å². The molecular formula is C14H12N4O2S. The molecule has 0 saturated heterocycles. The van der Waals surface area contributed by atoms with Crippen LogP contribution < -0.4 is 10.3 Å². The van der Waals surface area contributed by atoms with Crippen LogP contribution in [0.25, 0.3) is 10.6 Å². The third kappa shape index (κ3) is 2.77. The summed E-state index contributed by atoms with van der Waals surface area (Å²) in [6.07, 6.45) is 0. The second-order valence-corrected chi connectivity index (χ2v) is 5.13. The minimum atomic E-state index is -0.296. The van der Waals surface area contributed by atoms with E-state index >= 15 is 0 Å². The van der Waals surface area contributed by atoms with E-state index in [4.69, 9.17) is 4.74 Å². The summed E-state index contributed by atoms with van der Waals surface area (Å²) in [7, 11) is 1.60. The molecule has 21 heavy (non-hydrogen) atoms. The second-order valence-electron chi connectivity index (χ2n) is 4.18. The fourth-order valence-electron chi connectivity index (χ4n) is 1.80. The van der Waals surface area contributed by atoms with Crippen molar-refractivity contribution in [3.63, 3.8) is 0 Å². The molecule has 0 aliphatic heterocycles. The monoisotopic (exact) mass is 300 g/mol. The van der Waals surface area contributed by atoms with Gasteiger partial charge >= 0.3 is 0 Å². The summed E-state index contributed by atoms with van der Waals surface area (Å²) < 4.78 is 5.08. The zero-order valence-corrected chi connectivity index (χ0v) is 12.0. The predicted molar refractivity (Wildman–Crippen MR) is 81.9 cm³/mol. The highest BCUT2D eigenvalue weighted by atomic mass is 32.1. The number of hydrogen-bond donors (Lipinski definition) is 2. The molecule has 6 nitrogen and oxygen atoms in total. The highest BCUT2D eigenvalue weighted by molar-refractivity contribution is 7.13. The maximum absolute atomic E-state index is 11.8. The number of nitrogens with one attached hydrogen (secondary N) is 2. The van der Waals surface area contributed by atoms with E-state index in [0.717, 1.165) is 10.6 Å². The number of nitrogens with zero attached hydrogens (tertiary/aromatic N) is 2. The Morgan fingerprint density at radius 3 is 2.57 bits per heavy atom. The Hall–Kier alpha value is -2.67. The molecule has 0 saturated carbocycles. The maximum Gasteiger partial charge on any atom is 0.292 e. The number of hydrogen-bond acceptors (Lipinski definition) is 5. The predicted octanol–water partition coefficient (Wildman–Crippen LogP) is 3.86. The van der Waals surface area contributed by atoms with Crippen LogP contribution in [0.15, 0.2) is 56.8 Å². The van der Waals surface area contributed by atoms with Crippen molar-refractivity contribution in [2.24, 2.45) is 10.2 Å². The number of methoxy groups -OCH3 is 1. The number of rotatable bonds is 4. The van der Waals surface area contributed by atoms with Gasteiger partial charge in [-0.2, -0.15) is 5.11 Å². The Morgan fingerprint density at radius 1 is 1.10 bits per heavy atom. The molecule has 1 aromatic carbocycles. The Bertz CT molecular complexity index is 800. The Kier molecular flexibility index (Phi) is 3.65. The molecule has 106 valence electrons. The minimum Gasteiger partial charge on any atom is -0.497 e. The largest absolute Gasteiger partial charge is 0.497 e. The fourth-order valence-corrected chi connectivity index (χ4v) is 2.53. The topological polar surface area (TPSA) is 82.6 Å². The lowest BCUT2D eigenvalue weighted by molar-refractivity contribution is 0.415. The van der Waals surface area contributed by atoms with Gasteiger partial charge in [0.05, 0.1) is 17.7 Å². The number of H-pyrrole nitrogens is 2. The van der Waals surface area contributed by atoms with E-state index in [-0.39, 0.29) is 11.2 Å². The number of ether oxygens (including phenoxy) is 1. The minimum absolute atomic E-state index is 0.272. The smallest absolute Gasteiger partial charge is 0.292 e. The van der Waals surface area contributed by atoms with Gasteiger partial charge in [0.25, 0.3) is 5.56 Å². The molecule has 3 aromatic rings. The second kappa shape index (κ2) is 5.76. The maximum atomic E-state index is 11.8. The molecule has 0 spiro atoms. The summed E-state index contributed by atoms with van der Waals surface area (Å²) in [4.78, 5) is 12.7. The summed E-state index contributed by atoms with van der Waals surface area (Å²) in [5.74, 6) is 0.743. The van der Waals surface area contributed by atoms with Gasteiger partial charge in [-0.3, -0.25) is 15.0 Å². The van der Waals surface area contributed by atoms with Crippen LogP contribution in [0.3, 0.4) is 0 Å². The van der Waals surface area contributed by atoms with Gasteiger partial charge in [-0.05, 0) is 35.7 Å². The van der Waals surface area contributed by atoms with E-state index in [1.54, 1.807) is 31.4 Å². The van der Waals surface area contributed by atoms with Gasteiger partial charge in [-0.1, -0.05) is 6.07 Å². The molecule has 0 aliphatic rings. The first kappa shape index (κ1) is 13.3. The van der Waals surface area contributed by atoms with E-state index in [9.17, 15) is 4.79 Å². The van der Waals surface area contributed by atoms with E-state index in [2.05, 4.69) is 20.4 Å². The van der Waals surface area contributed by atoms with Crippen molar-refractivity contribution < 1.29 is 4.74 Å². The fraction of sp³-hybridized carbons (Fsp3) is 0.0714. The quantitative estimate of drug-likeness (QED) is 0.717. The Balaban J connectivity index is 1.92. The molecule has 0 aliphatic carbocycles. The Morgan fingerprint density at radius 2 is 1.90 bits per heavy atom. The van der Waals surface area contributed by atoms with Crippen molar-refractivity contribution in [3.05, 3.63) is 52.1 Å². The summed E-state index contributed by atoms with van der Waals surface area (Å²) >= 11 is 1.52. The normalized spacial score (nSPS) is 11.1. The average Bonchev–Trinajstić information content (AvgIpc) is 3.15. The van der Waals surface area contributed by atoms with Gasteiger partial charge in [0.1, 0.15) is 11.4 Å². The number of aromatic nitrogens is 2. The van der Waals surface area contributed by atoms with Crippen molar-refractivity contribution in [2.45, 2.75) is 0 Å². The number of benzene rings is 1. The highest BCUT2D eigenvalue weighted by Gasteiger charge is 2.12. The average molecular weight is 300 g/mol. The molecule has 0 fully saturated rings. The zero-order chi connectivity index (χ0) is 14.7. The lowest BCUT2D eigenvalue weighted by Crippen LogP contribution is -1.96. The number of aromatic amines is 2. The van der Waals surface area contributed by atoms with Crippen molar-refractivity contribution in [2.75, 3.05) is 7.11 Å². The van der Waals surface area contributed by atoms with Crippen LogP contribution in [0, 0.1) is 0 Å². The van der Waals surface area contributed by atoms with Crippen molar-refractivity contribution >= 4 is 22.7 Å². The lowest BCUT2D eigenvalue weighted by Gasteiger charge is -1.98. The molecular weight excluding hydrogens is 288 g/mol. The van der Waals surface area contributed by atoms with E-state index in [0.29, 0.717) is 11.4 Å². The molecule has 2 N–H and O–H groups in total. The van der Waals surface area contributed by atoms with E-state index < -0.39 is 0 Å². The van der Waals surface area contributed by atoms with E-state index in [1.165, 1.54) is 11.3 Å². The molecule has 0 atom stereocenters. The van der Waals surface area contributed by atoms with Gasteiger partial charge in [0.2, 0.25) is 0 Å². The van der Waals surface area contributed by atoms with Crippen molar-refractivity contribution in [1.82, 2.24) is 10.2 Å². The van der Waals surface area contributed by atoms with E-state index in [1.807, 2.05) is 17.5 Å². The van der Waals surface area contributed by atoms with Crippen LogP contribution in [-0.4, -0.2) is 17.3 Å². The van der Waals surface area contributed by atoms with Gasteiger partial charge in [-0.25, -0.2) is 0 Å². The summed E-state index contributed by atoms with van der Waals surface area (Å²) in [5, 5.41) is 15.5. The molecule has 2 aromatic heterocycles. The molecule has 2 heterocycles. The molecule has 0 radical (unpaired) electrons. The van der Waals surface area contributed by atoms with Crippen LogP contribution in [0.5, 0.6) is 5.75 Å². The standard InChI is InChI=1S/C14H12N4O2S/c1-20-10-6-4-9(5-7-10)15-17-13-12(16-18-14(13)19)11-3-2-8-21-11/h2-8H,1H3,(H2,16,18,19). The van der Waals surface area contributed by atoms with Crippen LogP contribution in [0.1, 0.15) is 0 Å². The zero-order valence-electron chi connectivity index (χ0n) is 11.2. The first-order chi connectivity index (χ1) is 10.3. The van der Waals surface area contributed by atoms with Gasteiger partial charge in [0, 0.05) is 0 Å². The first-order valence-electron chi connectivity index (χ1n) is 6.18. The third-order valence-electron chi connectivity index (χ3n) is 2.86. The van der Waals surface area contributed by atoms with Crippen LogP contribution in [0.4, 0.5) is 11.4 Å². The molecule has 0 amide bonds. The van der Waals surface area contributed by atoms with Crippen molar-refractivity contribution in [3.8, 4) is 16.3 Å². The molecule has 3 rings (SSSR count). The molecule has 7 heteroatoms. The van der Waals surface area contributed by atoms with Gasteiger partial charge in [-0.15, -0.1) is 16.5 Å². The third-order valence-corrected chi connectivity index (χ3v) is 3.75. The van der Waals surface area contributed by atoms with Crippen LogP contribution >= 0.6 is 11.3 Å². The van der Waals surface area contributed by atoms with Gasteiger partial charge < -0.3 is 4.74 Å². The SMILES string of the molecule is COc1ccc(N=Nc2c(-c3cccs3)[nH][nH]c2=O)cc1. The summed E-state index contributed by atoms with van der Waals surface area (Å²) in [6, 6.07) is 10.9. The number of thiophene rings is 1. The Labute approximate surface area is 124 Å². The summed E-state index contributed by atoms with van der Waals surface area (Å²) in [5.41, 5.74) is 1.27. The molecule has 0 bridgehead atoms. The molecule has 0 unspecified atom stereocenters. The lowest BCUT2D eigenvalue weighted by atomic mass is 10.3. The van der Waals surface area contributed by atoms with Crippen LogP contribution in [-0.2, 0) is 0 Å².